The molecule has 1 heterocycles. The van der Waals surface area contributed by atoms with Crippen molar-refractivity contribution >= 4 is 29.9 Å². The van der Waals surface area contributed by atoms with E-state index in [-0.39, 0.29) is 35.9 Å². The molecule has 1 unspecified atom stereocenters. The number of ether oxygens (including phenoxy) is 1. The van der Waals surface area contributed by atoms with Crippen molar-refractivity contribution in [3.8, 4) is 0 Å². The van der Waals surface area contributed by atoms with Crippen LogP contribution in [-0.4, -0.2) is 56.3 Å². The summed E-state index contributed by atoms with van der Waals surface area (Å²) in [7, 11) is 0. The average molecular weight is 478 g/mol. The first-order chi connectivity index (χ1) is 12.1. The van der Waals surface area contributed by atoms with E-state index in [1.54, 1.807) is 12.1 Å². The number of rotatable bonds is 7. The lowest BCUT2D eigenvalue weighted by Crippen LogP contribution is -2.50. The number of hydrogen-bond acceptors (Lipinski definition) is 3. The number of morpholine rings is 1. The minimum Gasteiger partial charge on any atom is -0.374 e. The standard InChI is InChI=1S/C19H31FN4O.HI/c1-4-21-19(22-11-16-7-5-6-8-18(16)20)23-12-17-14-24(9-10-25-17)13-15(2)3;/h5-8,15,17H,4,9-14H2,1-3H3,(H2,21,22,23);1H. The van der Waals surface area contributed by atoms with Gasteiger partial charge in [0.05, 0.1) is 19.3 Å². The molecule has 1 aromatic rings. The molecule has 2 N–H and O–H groups in total. The van der Waals surface area contributed by atoms with Gasteiger partial charge in [0.25, 0.3) is 0 Å². The number of nitrogens with one attached hydrogen (secondary N) is 2. The predicted octanol–water partition coefficient (Wildman–Crippen LogP) is 2.86. The molecule has 5 nitrogen and oxygen atoms in total. The first-order valence-electron chi connectivity index (χ1n) is 9.18. The number of aliphatic imine (C=N–C) groups is 1. The Morgan fingerprint density at radius 2 is 2.12 bits per heavy atom. The molecule has 0 bridgehead atoms. The van der Waals surface area contributed by atoms with Gasteiger partial charge in [-0.2, -0.15) is 0 Å². The first kappa shape index (κ1) is 23.1. The Labute approximate surface area is 173 Å². The van der Waals surface area contributed by atoms with Gasteiger partial charge in [-0.05, 0) is 18.9 Å². The lowest BCUT2D eigenvalue weighted by atomic mass is 10.2. The Balaban J connectivity index is 0.00000338. The highest BCUT2D eigenvalue weighted by Gasteiger charge is 2.21. The molecule has 0 radical (unpaired) electrons. The van der Waals surface area contributed by atoms with Gasteiger partial charge in [-0.15, -0.1) is 24.0 Å². The van der Waals surface area contributed by atoms with Crippen molar-refractivity contribution in [1.29, 1.82) is 0 Å². The van der Waals surface area contributed by atoms with E-state index in [9.17, 15) is 4.39 Å². The summed E-state index contributed by atoms with van der Waals surface area (Å²) in [5, 5.41) is 6.52. The van der Waals surface area contributed by atoms with E-state index in [4.69, 9.17) is 4.74 Å². The Hall–Kier alpha value is -0.930. The maximum absolute atomic E-state index is 13.7. The van der Waals surface area contributed by atoms with E-state index in [0.717, 1.165) is 32.8 Å². The molecule has 0 saturated carbocycles. The molecule has 26 heavy (non-hydrogen) atoms. The van der Waals surface area contributed by atoms with Crippen LogP contribution in [-0.2, 0) is 11.3 Å². The Morgan fingerprint density at radius 3 is 2.81 bits per heavy atom. The van der Waals surface area contributed by atoms with Crippen LogP contribution in [0.25, 0.3) is 0 Å². The Morgan fingerprint density at radius 1 is 1.35 bits per heavy atom. The van der Waals surface area contributed by atoms with Gasteiger partial charge in [0.2, 0.25) is 0 Å². The highest BCUT2D eigenvalue weighted by Crippen LogP contribution is 2.08. The van der Waals surface area contributed by atoms with Crippen molar-refractivity contribution in [3.63, 3.8) is 0 Å². The van der Waals surface area contributed by atoms with Crippen LogP contribution < -0.4 is 10.6 Å². The molecule has 148 valence electrons. The molecule has 1 aromatic carbocycles. The summed E-state index contributed by atoms with van der Waals surface area (Å²) in [6.07, 6.45) is 0.143. The zero-order valence-corrected chi connectivity index (χ0v) is 18.3. The second kappa shape index (κ2) is 12.5. The van der Waals surface area contributed by atoms with Crippen LogP contribution in [0.3, 0.4) is 0 Å². The van der Waals surface area contributed by atoms with Crippen LogP contribution in [0.2, 0.25) is 0 Å². The number of halogens is 2. The molecule has 2 rings (SSSR count). The van der Waals surface area contributed by atoms with E-state index in [0.29, 0.717) is 30.5 Å². The quantitative estimate of drug-likeness (QED) is 0.360. The Kier molecular flexibility index (Phi) is 11.1. The molecule has 0 aromatic heterocycles. The first-order valence-corrected chi connectivity index (χ1v) is 9.18. The topological polar surface area (TPSA) is 48.9 Å². The second-order valence-electron chi connectivity index (χ2n) is 6.81. The van der Waals surface area contributed by atoms with Crippen molar-refractivity contribution in [2.24, 2.45) is 10.9 Å². The van der Waals surface area contributed by atoms with Crippen LogP contribution in [0.1, 0.15) is 26.3 Å². The molecule has 0 spiro atoms. The van der Waals surface area contributed by atoms with Gasteiger partial charge in [-0.1, -0.05) is 32.0 Å². The van der Waals surface area contributed by atoms with Gasteiger partial charge in [0.1, 0.15) is 5.82 Å². The third kappa shape index (κ3) is 8.18. The van der Waals surface area contributed by atoms with Gasteiger partial charge in [-0.3, -0.25) is 4.90 Å². The zero-order valence-electron chi connectivity index (χ0n) is 16.0. The summed E-state index contributed by atoms with van der Waals surface area (Å²) in [6.45, 7) is 12.0. The highest BCUT2D eigenvalue weighted by atomic mass is 127. The SMILES string of the molecule is CCNC(=NCc1ccccc1F)NCC1CN(CC(C)C)CCO1.I. The van der Waals surface area contributed by atoms with Crippen molar-refractivity contribution in [1.82, 2.24) is 15.5 Å². The number of hydrogen-bond donors (Lipinski definition) is 2. The van der Waals surface area contributed by atoms with E-state index < -0.39 is 0 Å². The number of nitrogens with zero attached hydrogens (tertiary/aromatic N) is 2. The summed E-state index contributed by atoms with van der Waals surface area (Å²) in [4.78, 5) is 6.93. The molecule has 1 aliphatic heterocycles. The van der Waals surface area contributed by atoms with E-state index in [1.165, 1.54) is 6.07 Å². The third-order valence-corrected chi connectivity index (χ3v) is 4.05. The summed E-state index contributed by atoms with van der Waals surface area (Å²) < 4.78 is 19.6. The van der Waals surface area contributed by atoms with Crippen LogP contribution in [0.15, 0.2) is 29.3 Å². The maximum atomic E-state index is 13.7. The predicted molar refractivity (Wildman–Crippen MR) is 116 cm³/mol. The van der Waals surface area contributed by atoms with E-state index in [1.807, 2.05) is 13.0 Å². The molecule has 0 aliphatic carbocycles. The maximum Gasteiger partial charge on any atom is 0.191 e. The fourth-order valence-electron chi connectivity index (χ4n) is 2.93. The smallest absolute Gasteiger partial charge is 0.191 e. The summed E-state index contributed by atoms with van der Waals surface area (Å²) >= 11 is 0. The van der Waals surface area contributed by atoms with E-state index in [2.05, 4.69) is 34.4 Å². The summed E-state index contributed by atoms with van der Waals surface area (Å²) in [5.41, 5.74) is 0.594. The fourth-order valence-corrected chi connectivity index (χ4v) is 2.93. The van der Waals surface area contributed by atoms with Gasteiger partial charge >= 0.3 is 0 Å². The summed E-state index contributed by atoms with van der Waals surface area (Å²) in [5.74, 6) is 1.13. The third-order valence-electron chi connectivity index (χ3n) is 4.05. The average Bonchev–Trinajstić information content (AvgIpc) is 2.58. The molecule has 1 saturated heterocycles. The van der Waals surface area contributed by atoms with Crippen LogP contribution in [0.4, 0.5) is 4.39 Å². The molecule has 1 fully saturated rings. The normalized spacial score (nSPS) is 18.5. The van der Waals surface area contributed by atoms with Crippen LogP contribution in [0, 0.1) is 11.7 Å². The lowest BCUT2D eigenvalue weighted by molar-refractivity contribution is -0.0284. The molecule has 1 aliphatic rings. The number of guanidine groups is 1. The monoisotopic (exact) mass is 478 g/mol. The molecule has 7 heteroatoms. The van der Waals surface area contributed by atoms with Crippen molar-refractivity contribution in [3.05, 3.63) is 35.6 Å². The van der Waals surface area contributed by atoms with Crippen LogP contribution in [0.5, 0.6) is 0 Å². The fraction of sp³-hybridized carbons (Fsp3) is 0.632. The van der Waals surface area contributed by atoms with Gasteiger partial charge in [0, 0.05) is 38.3 Å². The molecule has 1 atom stereocenters. The van der Waals surface area contributed by atoms with Gasteiger partial charge in [0.15, 0.2) is 5.96 Å². The molecular weight excluding hydrogens is 446 g/mol. The van der Waals surface area contributed by atoms with Crippen molar-refractivity contribution < 1.29 is 9.13 Å². The minimum absolute atomic E-state index is 0. The number of benzene rings is 1. The lowest BCUT2D eigenvalue weighted by Gasteiger charge is -2.34. The summed E-state index contributed by atoms with van der Waals surface area (Å²) in [6, 6.07) is 6.74. The van der Waals surface area contributed by atoms with Gasteiger partial charge in [-0.25, -0.2) is 9.38 Å². The van der Waals surface area contributed by atoms with Gasteiger partial charge < -0.3 is 15.4 Å². The zero-order chi connectivity index (χ0) is 18.1. The van der Waals surface area contributed by atoms with Crippen LogP contribution >= 0.6 is 24.0 Å². The van der Waals surface area contributed by atoms with Crippen molar-refractivity contribution in [2.75, 3.05) is 39.3 Å². The highest BCUT2D eigenvalue weighted by molar-refractivity contribution is 14.0. The van der Waals surface area contributed by atoms with Crippen molar-refractivity contribution in [2.45, 2.75) is 33.4 Å². The largest absolute Gasteiger partial charge is 0.374 e. The molecule has 0 amide bonds. The Bertz CT molecular complexity index is 556. The van der Waals surface area contributed by atoms with E-state index >= 15 is 0 Å². The molecular formula is C19H32FIN4O. The second-order valence-corrected chi connectivity index (χ2v) is 6.81. The minimum atomic E-state index is -0.220.